The fourth-order valence-electron chi connectivity index (χ4n) is 3.75. The molecule has 2 aliphatic heterocycles. The van der Waals surface area contributed by atoms with Crippen molar-refractivity contribution in [3.05, 3.63) is 93.5 Å². The molecule has 1 N–H and O–H groups in total. The topological polar surface area (TPSA) is 84.9 Å². The Hall–Kier alpha value is -3.23. The van der Waals surface area contributed by atoms with Crippen LogP contribution in [0.4, 0.5) is 4.79 Å². The quantitative estimate of drug-likeness (QED) is 0.601. The molecular formula is C25H23ClN2O5S. The Morgan fingerprint density at radius 3 is 2.56 bits per heavy atom. The number of ether oxygens (including phenoxy) is 2. The molecule has 2 atom stereocenters. The lowest BCUT2D eigenvalue weighted by Gasteiger charge is -2.39. The van der Waals surface area contributed by atoms with E-state index in [2.05, 4.69) is 5.32 Å². The van der Waals surface area contributed by atoms with Gasteiger partial charge in [0.25, 0.3) is 0 Å². The van der Waals surface area contributed by atoms with Crippen molar-refractivity contribution in [1.82, 2.24) is 10.2 Å². The second-order valence-corrected chi connectivity index (χ2v) is 9.33. The van der Waals surface area contributed by atoms with Crippen LogP contribution in [0.1, 0.15) is 11.1 Å². The number of Topliss-reactive ketones (excluding diaryl/α,β-unsaturated/α-hetero) is 1. The van der Waals surface area contributed by atoms with Gasteiger partial charge in [0.1, 0.15) is 18.7 Å². The number of hydrogen-bond acceptors (Lipinski definition) is 7. The van der Waals surface area contributed by atoms with Gasteiger partial charge in [-0.25, -0.2) is 9.59 Å². The summed E-state index contributed by atoms with van der Waals surface area (Å²) in [5.41, 5.74) is 2.13. The molecule has 34 heavy (non-hydrogen) atoms. The summed E-state index contributed by atoms with van der Waals surface area (Å²) in [6.45, 7) is 0.486. The van der Waals surface area contributed by atoms with Crippen LogP contribution in [0, 0.1) is 0 Å². The van der Waals surface area contributed by atoms with Crippen molar-refractivity contribution in [2.45, 2.75) is 25.2 Å². The lowest BCUT2D eigenvalue weighted by molar-refractivity contribution is -0.136. The number of ketones is 1. The van der Waals surface area contributed by atoms with E-state index in [9.17, 15) is 14.4 Å². The number of methoxy groups -OCH3 is 1. The molecule has 2 heterocycles. The summed E-state index contributed by atoms with van der Waals surface area (Å²) in [5, 5.41) is 3.30. The number of carbonyl (C=O) groups is 3. The molecular weight excluding hydrogens is 476 g/mol. The highest BCUT2D eigenvalue weighted by molar-refractivity contribution is 8.03. The first-order valence-electron chi connectivity index (χ1n) is 10.6. The predicted octanol–water partition coefficient (Wildman–Crippen LogP) is 4.08. The standard InChI is InChI=1S/C25H23ClN2O5S/c1-32-24(30)18-11-21-22(28(13-18)12-16-7-9-19(26)10-8-16)23(29)20(15-34-21)27-25(31)33-14-17-5-3-2-4-6-17/h2-11,13,20,22H,12,14-15H2,1H3,(H,27,31)/t20-,22?/m0/s1. The van der Waals surface area contributed by atoms with Gasteiger partial charge in [0.05, 0.1) is 12.7 Å². The van der Waals surface area contributed by atoms with E-state index in [0.29, 0.717) is 22.9 Å². The Morgan fingerprint density at radius 2 is 1.85 bits per heavy atom. The molecule has 0 aromatic heterocycles. The molecule has 2 aromatic rings. The summed E-state index contributed by atoms with van der Waals surface area (Å²) >= 11 is 7.42. The van der Waals surface area contributed by atoms with Crippen molar-refractivity contribution in [2.75, 3.05) is 12.9 Å². The lowest BCUT2D eigenvalue weighted by atomic mass is 9.98. The van der Waals surface area contributed by atoms with Crippen LogP contribution >= 0.6 is 23.4 Å². The van der Waals surface area contributed by atoms with Gasteiger partial charge >= 0.3 is 12.1 Å². The normalized spacial score (nSPS) is 19.5. The van der Waals surface area contributed by atoms with Crippen LogP contribution in [0.2, 0.25) is 5.02 Å². The second kappa shape index (κ2) is 10.8. The van der Waals surface area contributed by atoms with Crippen LogP contribution in [0.15, 0.2) is 77.4 Å². The number of hydrogen-bond donors (Lipinski definition) is 1. The monoisotopic (exact) mass is 498 g/mol. The maximum atomic E-state index is 13.4. The van der Waals surface area contributed by atoms with E-state index >= 15 is 0 Å². The molecule has 176 valence electrons. The number of rotatable bonds is 6. The molecule has 0 aliphatic carbocycles. The Balaban J connectivity index is 1.49. The van der Waals surface area contributed by atoms with Gasteiger partial charge in [0.2, 0.25) is 0 Å². The fourth-order valence-corrected chi connectivity index (χ4v) is 5.10. The third-order valence-electron chi connectivity index (χ3n) is 5.44. The van der Waals surface area contributed by atoms with Crippen molar-refractivity contribution in [2.24, 2.45) is 0 Å². The smallest absolute Gasteiger partial charge is 0.408 e. The summed E-state index contributed by atoms with van der Waals surface area (Å²) in [7, 11) is 1.32. The zero-order valence-electron chi connectivity index (χ0n) is 18.4. The third kappa shape index (κ3) is 5.63. The van der Waals surface area contributed by atoms with Crippen LogP contribution in [0.25, 0.3) is 0 Å². The first-order valence-corrected chi connectivity index (χ1v) is 12.0. The largest absolute Gasteiger partial charge is 0.465 e. The Labute approximate surface area is 206 Å². The minimum atomic E-state index is -0.726. The molecule has 1 saturated heterocycles. The number of amides is 1. The fraction of sp³-hybridized carbons (Fsp3) is 0.240. The molecule has 9 heteroatoms. The Bertz CT molecular complexity index is 1130. The van der Waals surface area contributed by atoms with E-state index in [4.69, 9.17) is 21.1 Å². The highest BCUT2D eigenvalue weighted by Crippen LogP contribution is 2.36. The van der Waals surface area contributed by atoms with E-state index < -0.39 is 24.1 Å². The van der Waals surface area contributed by atoms with Crippen molar-refractivity contribution in [3.8, 4) is 0 Å². The number of fused-ring (bicyclic) bond motifs is 1. The highest BCUT2D eigenvalue weighted by atomic mass is 35.5. The molecule has 2 aromatic carbocycles. The van der Waals surface area contributed by atoms with Crippen LogP contribution in [-0.4, -0.2) is 47.7 Å². The van der Waals surface area contributed by atoms with Crippen LogP contribution < -0.4 is 5.32 Å². The third-order valence-corrected chi connectivity index (χ3v) is 6.86. The molecule has 2 aliphatic rings. The SMILES string of the molecule is COC(=O)C1=CN(Cc2ccc(Cl)cc2)C2C(=O)[C@@H](NC(=O)OCc3ccccc3)CSC2=C1. The summed E-state index contributed by atoms with van der Waals surface area (Å²) in [6, 6.07) is 15.2. The number of benzene rings is 2. The molecule has 1 fully saturated rings. The zero-order valence-corrected chi connectivity index (χ0v) is 20.0. The number of thioether (sulfide) groups is 1. The average molecular weight is 499 g/mol. The molecule has 0 radical (unpaired) electrons. The molecule has 1 amide bonds. The van der Waals surface area contributed by atoms with Gasteiger partial charge in [-0.1, -0.05) is 54.1 Å². The lowest BCUT2D eigenvalue weighted by Crippen LogP contribution is -2.55. The van der Waals surface area contributed by atoms with Gasteiger partial charge in [-0.2, -0.15) is 0 Å². The molecule has 1 unspecified atom stereocenters. The number of nitrogens with one attached hydrogen (secondary N) is 1. The maximum absolute atomic E-state index is 13.4. The van der Waals surface area contributed by atoms with E-state index in [1.54, 1.807) is 29.3 Å². The van der Waals surface area contributed by atoms with Gasteiger partial charge in [0, 0.05) is 28.4 Å². The molecule has 7 nitrogen and oxygen atoms in total. The van der Waals surface area contributed by atoms with Gasteiger partial charge in [-0.3, -0.25) is 4.79 Å². The number of carbonyl (C=O) groups excluding carboxylic acids is 3. The summed E-state index contributed by atoms with van der Waals surface area (Å²) in [4.78, 5) is 40.5. The van der Waals surface area contributed by atoms with Gasteiger partial charge < -0.3 is 19.7 Å². The summed E-state index contributed by atoms with van der Waals surface area (Å²) < 4.78 is 10.2. The van der Waals surface area contributed by atoms with Crippen molar-refractivity contribution in [1.29, 1.82) is 0 Å². The molecule has 4 rings (SSSR count). The van der Waals surface area contributed by atoms with Crippen molar-refractivity contribution < 1.29 is 23.9 Å². The van der Waals surface area contributed by atoms with Gasteiger partial charge in [0.15, 0.2) is 5.78 Å². The van der Waals surface area contributed by atoms with Crippen LogP contribution in [0.5, 0.6) is 0 Å². The Kier molecular flexibility index (Phi) is 7.59. The van der Waals surface area contributed by atoms with E-state index in [-0.39, 0.29) is 12.4 Å². The maximum Gasteiger partial charge on any atom is 0.408 e. The molecule has 0 spiro atoms. The van der Waals surface area contributed by atoms with E-state index in [0.717, 1.165) is 16.0 Å². The first kappa shape index (κ1) is 23.9. The first-order chi connectivity index (χ1) is 16.4. The van der Waals surface area contributed by atoms with Crippen LogP contribution in [-0.2, 0) is 32.2 Å². The van der Waals surface area contributed by atoms with Crippen molar-refractivity contribution >= 4 is 41.2 Å². The number of halogens is 1. The Morgan fingerprint density at radius 1 is 1.12 bits per heavy atom. The van der Waals surface area contributed by atoms with E-state index in [1.807, 2.05) is 42.5 Å². The van der Waals surface area contributed by atoms with Gasteiger partial charge in [-0.05, 0) is 29.3 Å². The summed E-state index contributed by atoms with van der Waals surface area (Å²) in [6.07, 6.45) is 2.66. The van der Waals surface area contributed by atoms with Crippen molar-refractivity contribution in [3.63, 3.8) is 0 Å². The van der Waals surface area contributed by atoms with Crippen LogP contribution in [0.3, 0.4) is 0 Å². The zero-order chi connectivity index (χ0) is 24.1. The second-order valence-electron chi connectivity index (χ2n) is 7.80. The number of nitrogens with zero attached hydrogens (tertiary/aromatic N) is 1. The molecule has 0 saturated carbocycles. The molecule has 0 bridgehead atoms. The minimum Gasteiger partial charge on any atom is -0.465 e. The number of esters is 1. The average Bonchev–Trinajstić information content (AvgIpc) is 2.85. The van der Waals surface area contributed by atoms with Gasteiger partial charge in [-0.15, -0.1) is 11.8 Å². The minimum absolute atomic E-state index is 0.114. The predicted molar refractivity (Wildman–Crippen MR) is 130 cm³/mol. The van der Waals surface area contributed by atoms with E-state index in [1.165, 1.54) is 18.9 Å². The number of alkyl carbamates (subject to hydrolysis) is 1. The summed E-state index contributed by atoms with van der Waals surface area (Å²) in [5.74, 6) is -0.314. The highest BCUT2D eigenvalue weighted by Gasteiger charge is 2.41.